The van der Waals surface area contributed by atoms with Gasteiger partial charge in [-0.1, -0.05) is 50.0 Å². The lowest BCUT2D eigenvalue weighted by Crippen LogP contribution is -2.41. The van der Waals surface area contributed by atoms with E-state index in [-0.39, 0.29) is 50.4 Å². The van der Waals surface area contributed by atoms with E-state index >= 15 is 0 Å². The van der Waals surface area contributed by atoms with Gasteiger partial charge in [-0.05, 0) is 29.3 Å². The van der Waals surface area contributed by atoms with Crippen molar-refractivity contribution in [3.8, 4) is 0 Å². The monoisotopic (exact) mass is 643 g/mol. The van der Waals surface area contributed by atoms with Gasteiger partial charge in [0, 0.05) is 63.3 Å². The summed E-state index contributed by atoms with van der Waals surface area (Å²) in [6.07, 6.45) is -0.572. The third kappa shape index (κ3) is 7.73. The molecule has 2 N–H and O–H groups in total. The van der Waals surface area contributed by atoms with Crippen LogP contribution in [0.5, 0.6) is 0 Å². The highest BCUT2D eigenvalue weighted by molar-refractivity contribution is 6.36. The van der Waals surface area contributed by atoms with E-state index in [1.165, 1.54) is 6.07 Å². The minimum absolute atomic E-state index is 0.00278. The number of fused-ring (bicyclic) bond motifs is 1. The van der Waals surface area contributed by atoms with Gasteiger partial charge in [-0.3, -0.25) is 9.59 Å². The highest BCUT2D eigenvalue weighted by Gasteiger charge is 2.35. The number of nitrogens with one attached hydrogen (secondary N) is 2. The molecule has 1 aromatic heterocycles. The number of aromatic nitrogens is 2. The Labute approximate surface area is 257 Å². The van der Waals surface area contributed by atoms with Gasteiger partial charge in [0.2, 0.25) is 5.91 Å². The quantitative estimate of drug-likeness (QED) is 0.266. The fourth-order valence-corrected chi connectivity index (χ4v) is 5.40. The molecule has 2 aromatic carbocycles. The maximum atomic E-state index is 13.9. The summed E-state index contributed by atoms with van der Waals surface area (Å²) >= 11 is 13.3. The van der Waals surface area contributed by atoms with Gasteiger partial charge in [0.1, 0.15) is 5.82 Å². The van der Waals surface area contributed by atoms with Crippen molar-refractivity contribution in [2.75, 3.05) is 24.5 Å². The number of aryl methyl sites for hydroxylation is 1. The third-order valence-corrected chi connectivity index (χ3v) is 8.28. The standard InChI is InChI=1S/C30H35Cl2F4N5O2/c1-28(2,3)27(43)37-15-17-6-7-20(31)18(25(17)32)13-24-39-21-12-19(26(42)38-16-29(4,33)34)22(14-23(21)40(24)5)41-10-8-30(35,36)9-11-41/h6-7,12,14H,8-11,13,15-16H2,1-5H3,(H,37,43)(H,38,42). The maximum Gasteiger partial charge on any atom is 0.262 e. The average molecular weight is 645 g/mol. The topological polar surface area (TPSA) is 79.3 Å². The largest absolute Gasteiger partial charge is 0.370 e. The van der Waals surface area contributed by atoms with Crippen LogP contribution < -0.4 is 15.5 Å². The number of halogens is 6. The van der Waals surface area contributed by atoms with E-state index in [9.17, 15) is 27.2 Å². The zero-order valence-electron chi connectivity index (χ0n) is 24.7. The molecule has 0 aliphatic carbocycles. The molecule has 43 heavy (non-hydrogen) atoms. The Morgan fingerprint density at radius 2 is 1.70 bits per heavy atom. The average Bonchev–Trinajstić information content (AvgIpc) is 3.21. The van der Waals surface area contributed by atoms with Gasteiger partial charge in [-0.25, -0.2) is 22.5 Å². The van der Waals surface area contributed by atoms with Crippen LogP contribution >= 0.6 is 23.2 Å². The van der Waals surface area contributed by atoms with Gasteiger partial charge in [0.05, 0.1) is 33.9 Å². The van der Waals surface area contributed by atoms with Gasteiger partial charge in [0.25, 0.3) is 17.8 Å². The van der Waals surface area contributed by atoms with Crippen molar-refractivity contribution in [1.82, 2.24) is 20.2 Å². The normalized spacial score (nSPS) is 15.6. The molecule has 7 nitrogen and oxygen atoms in total. The van der Waals surface area contributed by atoms with Gasteiger partial charge < -0.3 is 20.1 Å². The van der Waals surface area contributed by atoms with Crippen molar-refractivity contribution in [2.45, 2.75) is 65.3 Å². The smallest absolute Gasteiger partial charge is 0.262 e. The van der Waals surface area contributed by atoms with Crippen LogP contribution in [0, 0.1) is 5.41 Å². The number of nitrogens with zero attached hydrogens (tertiary/aromatic N) is 3. The van der Waals surface area contributed by atoms with Crippen LogP contribution in [-0.4, -0.2) is 52.8 Å². The molecule has 0 atom stereocenters. The van der Waals surface area contributed by atoms with Gasteiger partial charge in [0.15, 0.2) is 0 Å². The molecule has 0 radical (unpaired) electrons. The fourth-order valence-electron chi connectivity index (χ4n) is 4.83. The molecule has 234 valence electrons. The lowest BCUT2D eigenvalue weighted by molar-refractivity contribution is -0.128. The molecule has 1 aliphatic heterocycles. The van der Waals surface area contributed by atoms with Gasteiger partial charge in [-0.2, -0.15) is 0 Å². The van der Waals surface area contributed by atoms with E-state index in [1.807, 2.05) is 20.8 Å². The first-order valence-electron chi connectivity index (χ1n) is 13.9. The van der Waals surface area contributed by atoms with Crippen LogP contribution in [0.1, 0.15) is 67.8 Å². The third-order valence-electron chi connectivity index (χ3n) is 7.45. The lowest BCUT2D eigenvalue weighted by atomic mass is 9.95. The Kier molecular flexibility index (Phi) is 9.28. The number of hydrogen-bond acceptors (Lipinski definition) is 4. The van der Waals surface area contributed by atoms with E-state index < -0.39 is 29.7 Å². The van der Waals surface area contributed by atoms with Crippen molar-refractivity contribution < 1.29 is 27.2 Å². The molecule has 13 heteroatoms. The minimum Gasteiger partial charge on any atom is -0.370 e. The number of hydrogen-bond donors (Lipinski definition) is 2. The molecule has 0 spiro atoms. The van der Waals surface area contributed by atoms with Crippen molar-refractivity contribution >= 4 is 51.7 Å². The van der Waals surface area contributed by atoms with E-state index in [0.29, 0.717) is 50.6 Å². The summed E-state index contributed by atoms with van der Waals surface area (Å²) in [5.74, 6) is -6.28. The molecule has 2 amide bonds. The van der Waals surface area contributed by atoms with Crippen LogP contribution in [0.3, 0.4) is 0 Å². The predicted octanol–water partition coefficient (Wildman–Crippen LogP) is 6.75. The number of alkyl halides is 4. The SMILES string of the molecule is Cn1c(Cc2c(Cl)ccc(CNC(=O)C(C)(C)C)c2Cl)nc2cc(C(=O)NCC(C)(F)F)c(N3CCC(F)(F)CC3)cc21. The first-order chi connectivity index (χ1) is 19.9. The summed E-state index contributed by atoms with van der Waals surface area (Å²) < 4.78 is 56.7. The van der Waals surface area contributed by atoms with Crippen LogP contribution in [0.15, 0.2) is 24.3 Å². The van der Waals surface area contributed by atoms with Crippen LogP contribution in [-0.2, 0) is 24.8 Å². The second-order valence-electron chi connectivity index (χ2n) is 12.1. The Balaban J connectivity index is 1.70. The molecule has 1 aliphatic rings. The second-order valence-corrected chi connectivity index (χ2v) is 12.9. The second kappa shape index (κ2) is 12.1. The zero-order chi connectivity index (χ0) is 31.9. The molecular formula is C30H35Cl2F4N5O2. The van der Waals surface area contributed by atoms with Crippen LogP contribution in [0.2, 0.25) is 10.0 Å². The fraction of sp³-hybridized carbons (Fsp3) is 0.500. The van der Waals surface area contributed by atoms with Crippen LogP contribution in [0.25, 0.3) is 11.0 Å². The number of piperidine rings is 1. The van der Waals surface area contributed by atoms with Crippen LogP contribution in [0.4, 0.5) is 23.2 Å². The number of imidazole rings is 1. The number of carbonyl (C=O) groups excluding carboxylic acids is 2. The molecule has 0 unspecified atom stereocenters. The van der Waals surface area contributed by atoms with Crippen molar-refractivity contribution in [3.63, 3.8) is 0 Å². The molecular weight excluding hydrogens is 609 g/mol. The molecule has 2 heterocycles. The van der Waals surface area contributed by atoms with Crippen molar-refractivity contribution in [3.05, 3.63) is 56.8 Å². The molecule has 1 fully saturated rings. The van der Waals surface area contributed by atoms with Crippen molar-refractivity contribution in [1.29, 1.82) is 0 Å². The van der Waals surface area contributed by atoms with Gasteiger partial charge >= 0.3 is 0 Å². The summed E-state index contributed by atoms with van der Waals surface area (Å²) in [4.78, 5) is 31.8. The first-order valence-corrected chi connectivity index (χ1v) is 14.6. The van der Waals surface area contributed by atoms with Gasteiger partial charge in [-0.15, -0.1) is 0 Å². The number of rotatable bonds is 8. The molecule has 0 bridgehead atoms. The first kappa shape index (κ1) is 32.9. The van der Waals surface area contributed by atoms with E-state index in [2.05, 4.69) is 10.6 Å². The highest BCUT2D eigenvalue weighted by Crippen LogP contribution is 2.36. The number of amides is 2. The van der Waals surface area contributed by atoms with E-state index in [0.717, 1.165) is 0 Å². The Bertz CT molecular complexity index is 1540. The highest BCUT2D eigenvalue weighted by atomic mass is 35.5. The number of benzene rings is 2. The van der Waals surface area contributed by atoms with Crippen molar-refractivity contribution in [2.24, 2.45) is 12.5 Å². The predicted molar refractivity (Wildman–Crippen MR) is 161 cm³/mol. The Morgan fingerprint density at radius 1 is 1.05 bits per heavy atom. The summed E-state index contributed by atoms with van der Waals surface area (Å²) in [7, 11) is 1.77. The molecule has 0 saturated carbocycles. The summed E-state index contributed by atoms with van der Waals surface area (Å²) in [5.41, 5.74) is 2.15. The van der Waals surface area contributed by atoms with E-state index in [1.54, 1.807) is 34.7 Å². The number of anilines is 1. The zero-order valence-corrected chi connectivity index (χ0v) is 26.2. The van der Waals surface area contributed by atoms with E-state index in [4.69, 9.17) is 28.2 Å². The molecule has 4 rings (SSSR count). The minimum atomic E-state index is -3.13. The molecule has 3 aromatic rings. The summed E-state index contributed by atoms with van der Waals surface area (Å²) in [6.45, 7) is 5.44. The summed E-state index contributed by atoms with van der Waals surface area (Å²) in [5, 5.41) is 5.91. The lowest BCUT2D eigenvalue weighted by Gasteiger charge is -2.34. The molecule has 1 saturated heterocycles. The Hall–Kier alpha value is -3.05. The number of carbonyl (C=O) groups is 2. The maximum absolute atomic E-state index is 13.9. The Morgan fingerprint density at radius 3 is 2.30 bits per heavy atom. The summed E-state index contributed by atoms with van der Waals surface area (Å²) in [6, 6.07) is 6.60.